The topological polar surface area (TPSA) is 24.1 Å². The van der Waals surface area contributed by atoms with Crippen molar-refractivity contribution in [3.8, 4) is 11.8 Å². The number of anilines is 1. The van der Waals surface area contributed by atoms with E-state index in [0.29, 0.717) is 6.54 Å². The molecule has 2 N–H and O–H groups in total. The Balaban J connectivity index is 0.00000114. The zero-order chi connectivity index (χ0) is 19.9. The summed E-state index contributed by atoms with van der Waals surface area (Å²) < 4.78 is 0. The summed E-state index contributed by atoms with van der Waals surface area (Å²) in [5.41, 5.74) is 6.11. The standard InChI is InChI=1S/C22H26N2.C3H8/c1-4-20-13-12-19(17-23-3)16-21(20)15-18(2)9-8-14-24-22-10-6-5-7-11-22;1-3-2/h5-7,10-13,15-16,23-24H,4,14,17H2,1-3H3;3H2,1-2H3/b18-15+;. The maximum absolute atomic E-state index is 3.30. The summed E-state index contributed by atoms with van der Waals surface area (Å²) in [5, 5.41) is 6.51. The van der Waals surface area contributed by atoms with Crippen LogP contribution in [0.3, 0.4) is 0 Å². The lowest BCUT2D eigenvalue weighted by Crippen LogP contribution is -2.05. The number of para-hydroxylation sites is 1. The van der Waals surface area contributed by atoms with Gasteiger partial charge in [0, 0.05) is 12.2 Å². The molecule has 0 spiro atoms. The van der Waals surface area contributed by atoms with Crippen LogP contribution in [0.5, 0.6) is 0 Å². The quantitative estimate of drug-likeness (QED) is 0.625. The SMILES string of the molecule is CCC.CCc1ccc(CNC)cc1/C=C(\C)C#CCNc1ccccc1. The minimum absolute atomic E-state index is 0.648. The molecule has 27 heavy (non-hydrogen) atoms. The Morgan fingerprint density at radius 3 is 2.37 bits per heavy atom. The lowest BCUT2D eigenvalue weighted by molar-refractivity contribution is 0.817. The van der Waals surface area contributed by atoms with Gasteiger partial charge in [0.2, 0.25) is 0 Å². The van der Waals surface area contributed by atoms with Gasteiger partial charge in [-0.15, -0.1) is 0 Å². The molecule has 0 amide bonds. The van der Waals surface area contributed by atoms with Gasteiger partial charge in [0.25, 0.3) is 0 Å². The molecule has 0 fully saturated rings. The molecule has 0 aliphatic rings. The fraction of sp³-hybridized carbons (Fsp3) is 0.360. The molecule has 0 aromatic heterocycles. The number of allylic oxidation sites excluding steroid dienone is 1. The summed E-state index contributed by atoms with van der Waals surface area (Å²) >= 11 is 0. The first kappa shape index (κ1) is 22.5. The van der Waals surface area contributed by atoms with Crippen LogP contribution in [0.15, 0.2) is 54.1 Å². The molecular weight excluding hydrogens is 328 g/mol. The second kappa shape index (κ2) is 13.7. The van der Waals surface area contributed by atoms with Crippen LogP contribution in [-0.2, 0) is 13.0 Å². The van der Waals surface area contributed by atoms with Crippen LogP contribution in [0.25, 0.3) is 6.08 Å². The van der Waals surface area contributed by atoms with E-state index in [1.165, 1.54) is 23.1 Å². The normalized spacial score (nSPS) is 10.3. The third kappa shape index (κ3) is 9.13. The average Bonchev–Trinajstić information content (AvgIpc) is 2.67. The van der Waals surface area contributed by atoms with Crippen LogP contribution >= 0.6 is 0 Å². The molecule has 0 bridgehead atoms. The van der Waals surface area contributed by atoms with Crippen molar-refractivity contribution in [1.29, 1.82) is 0 Å². The van der Waals surface area contributed by atoms with Gasteiger partial charge in [-0.1, -0.05) is 75.4 Å². The maximum Gasteiger partial charge on any atom is 0.0769 e. The Kier molecular flexibility index (Phi) is 11.4. The summed E-state index contributed by atoms with van der Waals surface area (Å²) in [6, 6.07) is 16.8. The monoisotopic (exact) mass is 362 g/mol. The Bertz CT molecular complexity index is 749. The van der Waals surface area contributed by atoms with E-state index < -0.39 is 0 Å². The van der Waals surface area contributed by atoms with E-state index >= 15 is 0 Å². The summed E-state index contributed by atoms with van der Waals surface area (Å²) in [6.07, 6.45) is 4.47. The van der Waals surface area contributed by atoms with Crippen LogP contribution in [0, 0.1) is 11.8 Å². The summed E-state index contributed by atoms with van der Waals surface area (Å²) in [6.45, 7) is 10.0. The molecule has 2 aromatic rings. The molecule has 144 valence electrons. The maximum atomic E-state index is 3.30. The Hall–Kier alpha value is -2.50. The van der Waals surface area contributed by atoms with Crippen LogP contribution < -0.4 is 10.6 Å². The van der Waals surface area contributed by atoms with Crippen molar-refractivity contribution in [2.24, 2.45) is 0 Å². The van der Waals surface area contributed by atoms with E-state index in [9.17, 15) is 0 Å². The van der Waals surface area contributed by atoms with E-state index in [-0.39, 0.29) is 0 Å². The van der Waals surface area contributed by atoms with Gasteiger partial charge in [-0.3, -0.25) is 0 Å². The number of nitrogens with one attached hydrogen (secondary N) is 2. The minimum Gasteiger partial charge on any atom is -0.374 e. The zero-order valence-corrected chi connectivity index (χ0v) is 17.5. The highest BCUT2D eigenvalue weighted by Gasteiger charge is 2.00. The molecule has 0 radical (unpaired) electrons. The van der Waals surface area contributed by atoms with Crippen LogP contribution in [0.4, 0.5) is 5.69 Å². The van der Waals surface area contributed by atoms with Crippen molar-refractivity contribution in [2.75, 3.05) is 18.9 Å². The molecule has 2 aromatic carbocycles. The second-order valence-corrected chi connectivity index (χ2v) is 6.47. The Morgan fingerprint density at radius 1 is 1.04 bits per heavy atom. The highest BCUT2D eigenvalue weighted by Crippen LogP contribution is 2.16. The molecule has 2 heteroatoms. The van der Waals surface area contributed by atoms with Gasteiger partial charge in [0.05, 0.1) is 6.54 Å². The summed E-state index contributed by atoms with van der Waals surface area (Å²) in [7, 11) is 1.97. The lowest BCUT2D eigenvalue weighted by Gasteiger charge is -2.07. The third-order valence-electron chi connectivity index (χ3n) is 3.78. The van der Waals surface area contributed by atoms with E-state index in [2.05, 4.69) is 74.4 Å². The predicted molar refractivity (Wildman–Crippen MR) is 121 cm³/mol. The number of benzene rings is 2. The van der Waals surface area contributed by atoms with Crippen molar-refractivity contribution >= 4 is 11.8 Å². The summed E-state index contributed by atoms with van der Waals surface area (Å²) in [5.74, 6) is 6.43. The van der Waals surface area contributed by atoms with Gasteiger partial charge in [-0.25, -0.2) is 0 Å². The van der Waals surface area contributed by atoms with Gasteiger partial charge in [0.1, 0.15) is 0 Å². The number of hydrogen-bond donors (Lipinski definition) is 2. The van der Waals surface area contributed by atoms with Crippen molar-refractivity contribution < 1.29 is 0 Å². The highest BCUT2D eigenvalue weighted by molar-refractivity contribution is 5.61. The predicted octanol–water partition coefficient (Wildman–Crippen LogP) is 5.90. The lowest BCUT2D eigenvalue weighted by atomic mass is 10.00. The van der Waals surface area contributed by atoms with Crippen LogP contribution in [-0.4, -0.2) is 13.6 Å². The van der Waals surface area contributed by atoms with Crippen molar-refractivity contribution in [2.45, 2.75) is 47.1 Å². The van der Waals surface area contributed by atoms with E-state index in [0.717, 1.165) is 24.2 Å². The summed E-state index contributed by atoms with van der Waals surface area (Å²) in [4.78, 5) is 0. The van der Waals surface area contributed by atoms with Crippen LogP contribution in [0.2, 0.25) is 0 Å². The molecule has 2 nitrogen and oxygen atoms in total. The molecule has 0 aliphatic heterocycles. The molecule has 0 heterocycles. The first-order chi connectivity index (χ1) is 13.1. The fourth-order valence-electron chi connectivity index (χ4n) is 2.57. The largest absolute Gasteiger partial charge is 0.374 e. The van der Waals surface area contributed by atoms with Crippen molar-refractivity contribution in [3.05, 3.63) is 70.8 Å². The van der Waals surface area contributed by atoms with Gasteiger partial charge < -0.3 is 10.6 Å². The molecule has 0 unspecified atom stereocenters. The smallest absolute Gasteiger partial charge is 0.0769 e. The number of rotatable bonds is 6. The van der Waals surface area contributed by atoms with Gasteiger partial charge in [0.15, 0.2) is 0 Å². The Labute approximate surface area is 166 Å². The van der Waals surface area contributed by atoms with Gasteiger partial charge >= 0.3 is 0 Å². The molecule has 0 saturated carbocycles. The number of aryl methyl sites for hydroxylation is 1. The van der Waals surface area contributed by atoms with E-state index in [1.54, 1.807) is 0 Å². The number of hydrogen-bond acceptors (Lipinski definition) is 2. The van der Waals surface area contributed by atoms with E-state index in [1.807, 2.05) is 37.4 Å². The molecule has 0 saturated heterocycles. The van der Waals surface area contributed by atoms with Crippen molar-refractivity contribution in [3.63, 3.8) is 0 Å². The van der Waals surface area contributed by atoms with Gasteiger partial charge in [-0.2, -0.15) is 0 Å². The van der Waals surface area contributed by atoms with Crippen molar-refractivity contribution in [1.82, 2.24) is 5.32 Å². The second-order valence-electron chi connectivity index (χ2n) is 6.47. The zero-order valence-electron chi connectivity index (χ0n) is 17.5. The first-order valence-electron chi connectivity index (χ1n) is 9.87. The molecule has 0 atom stereocenters. The minimum atomic E-state index is 0.648. The fourth-order valence-corrected chi connectivity index (χ4v) is 2.57. The van der Waals surface area contributed by atoms with E-state index in [4.69, 9.17) is 0 Å². The van der Waals surface area contributed by atoms with Gasteiger partial charge in [-0.05, 0) is 60.9 Å². The Morgan fingerprint density at radius 2 is 1.74 bits per heavy atom. The molecule has 2 rings (SSSR count). The molecular formula is C25H34N2. The van der Waals surface area contributed by atoms with Crippen LogP contribution in [0.1, 0.15) is 50.8 Å². The first-order valence-corrected chi connectivity index (χ1v) is 9.87. The third-order valence-corrected chi connectivity index (χ3v) is 3.78. The highest BCUT2D eigenvalue weighted by atomic mass is 14.8. The molecule has 0 aliphatic carbocycles. The average molecular weight is 363 g/mol.